The molecule has 0 spiro atoms. The van der Waals surface area contributed by atoms with Gasteiger partial charge in [-0.1, -0.05) is 18.2 Å². The number of H-pyrrole nitrogens is 1. The minimum atomic E-state index is -0.894. The molecular weight excluding hydrogens is 420 g/mol. The van der Waals surface area contributed by atoms with Crippen LogP contribution in [0, 0.1) is 5.92 Å². The number of hydrogen-bond donors (Lipinski definition) is 4. The molecule has 9 nitrogen and oxygen atoms in total. The Morgan fingerprint density at radius 1 is 1.33 bits per heavy atom. The normalized spacial score (nSPS) is 18.8. The topological polar surface area (TPSA) is 119 Å². The van der Waals surface area contributed by atoms with Crippen molar-refractivity contribution in [2.45, 2.75) is 25.3 Å². The predicted molar refractivity (Wildman–Crippen MR) is 127 cm³/mol. The monoisotopic (exact) mass is 448 g/mol. The summed E-state index contributed by atoms with van der Waals surface area (Å²) in [7, 11) is 3.81. The van der Waals surface area contributed by atoms with Crippen molar-refractivity contribution in [1.82, 2.24) is 24.4 Å². The lowest BCUT2D eigenvalue weighted by atomic mass is 9.88. The molecule has 1 aliphatic rings. The van der Waals surface area contributed by atoms with Gasteiger partial charge in [0.15, 0.2) is 5.82 Å². The second-order valence-electron chi connectivity index (χ2n) is 8.82. The molecule has 2 unspecified atom stereocenters. The average Bonchev–Trinajstić information content (AvgIpc) is 3.42. The summed E-state index contributed by atoms with van der Waals surface area (Å²) in [6, 6.07) is 10.1. The van der Waals surface area contributed by atoms with E-state index in [1.807, 2.05) is 36.9 Å². The van der Waals surface area contributed by atoms with Gasteiger partial charge in [-0.3, -0.25) is 0 Å². The molecule has 0 radical (unpaired) electrons. The molecule has 1 aromatic carbocycles. The Morgan fingerprint density at radius 3 is 2.94 bits per heavy atom. The number of nitrogens with one attached hydrogen (secondary N) is 2. The SMILES string of the molecule is CNc1nc2[nH]c(-c3cccc(CC4CC(CO)CCN4C(=O)O)c3)cc2c2c1ncn2C. The number of aromatic nitrogens is 4. The van der Waals surface area contributed by atoms with Gasteiger partial charge in [0.05, 0.1) is 11.8 Å². The van der Waals surface area contributed by atoms with Crippen LogP contribution in [-0.2, 0) is 13.5 Å². The lowest BCUT2D eigenvalue weighted by molar-refractivity contribution is 0.0722. The van der Waals surface area contributed by atoms with Gasteiger partial charge in [-0.2, -0.15) is 0 Å². The van der Waals surface area contributed by atoms with Crippen LogP contribution in [0.2, 0.25) is 0 Å². The van der Waals surface area contributed by atoms with Crippen molar-refractivity contribution in [3.8, 4) is 11.3 Å². The lowest BCUT2D eigenvalue weighted by Crippen LogP contribution is -2.47. The number of carbonyl (C=O) groups is 1. The molecule has 1 aliphatic heterocycles. The molecule has 172 valence electrons. The summed E-state index contributed by atoms with van der Waals surface area (Å²) in [6.07, 6.45) is 2.89. The number of nitrogens with zero attached hydrogens (tertiary/aromatic N) is 4. The van der Waals surface area contributed by atoms with E-state index in [1.54, 1.807) is 6.33 Å². The Morgan fingerprint density at radius 2 is 2.18 bits per heavy atom. The number of carboxylic acid groups (broad SMARTS) is 1. The molecule has 33 heavy (non-hydrogen) atoms. The van der Waals surface area contributed by atoms with Crippen LogP contribution in [0.1, 0.15) is 18.4 Å². The standard InChI is InChI=1S/C24H28N6O3/c1-25-23-20-21(29(2)13-26-20)18-11-19(27-22(18)28-23)16-5-3-4-14(8-16)9-17-10-15(12-31)6-7-30(17)24(32)33/h3-5,8,11,13,15,17,31H,6-7,9-10,12H2,1-2H3,(H,32,33)(H2,25,27,28). The molecule has 0 aliphatic carbocycles. The molecule has 2 atom stereocenters. The van der Waals surface area contributed by atoms with Crippen molar-refractivity contribution in [1.29, 1.82) is 0 Å². The van der Waals surface area contributed by atoms with Gasteiger partial charge in [0.2, 0.25) is 0 Å². The van der Waals surface area contributed by atoms with Crippen LogP contribution >= 0.6 is 0 Å². The number of rotatable bonds is 5. The van der Waals surface area contributed by atoms with Crippen LogP contribution in [0.5, 0.6) is 0 Å². The van der Waals surface area contributed by atoms with E-state index in [-0.39, 0.29) is 18.6 Å². The summed E-state index contributed by atoms with van der Waals surface area (Å²) in [5.41, 5.74) is 5.65. The number of hydrogen-bond acceptors (Lipinski definition) is 5. The third-order valence-corrected chi connectivity index (χ3v) is 6.71. The van der Waals surface area contributed by atoms with Crippen molar-refractivity contribution in [2.75, 3.05) is 25.5 Å². The van der Waals surface area contributed by atoms with Crippen LogP contribution in [0.3, 0.4) is 0 Å². The molecule has 4 N–H and O–H groups in total. The highest BCUT2D eigenvalue weighted by Crippen LogP contribution is 2.32. The molecule has 4 aromatic rings. The molecule has 1 saturated heterocycles. The number of imidazole rings is 1. The number of pyridine rings is 1. The highest BCUT2D eigenvalue weighted by atomic mass is 16.4. The first kappa shape index (κ1) is 21.3. The molecule has 0 bridgehead atoms. The lowest BCUT2D eigenvalue weighted by Gasteiger charge is -2.37. The number of amides is 1. The second kappa shape index (κ2) is 8.40. The smallest absolute Gasteiger partial charge is 0.407 e. The number of anilines is 1. The molecule has 5 rings (SSSR count). The van der Waals surface area contributed by atoms with E-state index in [0.29, 0.717) is 25.8 Å². The maximum Gasteiger partial charge on any atom is 0.407 e. The summed E-state index contributed by atoms with van der Waals surface area (Å²) in [4.78, 5) is 25.9. The number of aliphatic hydroxyl groups excluding tert-OH is 1. The summed E-state index contributed by atoms with van der Waals surface area (Å²) in [5, 5.41) is 23.3. The van der Waals surface area contributed by atoms with Gasteiger partial charge in [0.25, 0.3) is 0 Å². The number of likely N-dealkylation sites (tertiary alicyclic amines) is 1. The zero-order valence-electron chi connectivity index (χ0n) is 18.7. The van der Waals surface area contributed by atoms with E-state index in [2.05, 4.69) is 27.4 Å². The fourth-order valence-corrected chi connectivity index (χ4v) is 5.01. The highest BCUT2D eigenvalue weighted by Gasteiger charge is 2.31. The minimum absolute atomic E-state index is 0.100. The van der Waals surface area contributed by atoms with Crippen LogP contribution in [0.4, 0.5) is 10.6 Å². The van der Waals surface area contributed by atoms with E-state index in [0.717, 1.165) is 44.7 Å². The van der Waals surface area contributed by atoms with Crippen LogP contribution in [-0.4, -0.2) is 67.0 Å². The largest absolute Gasteiger partial charge is 0.465 e. The Labute approximate surface area is 191 Å². The highest BCUT2D eigenvalue weighted by molar-refractivity contribution is 6.07. The second-order valence-corrected chi connectivity index (χ2v) is 8.82. The Bertz CT molecular complexity index is 1330. The zero-order chi connectivity index (χ0) is 23.1. The average molecular weight is 449 g/mol. The molecule has 1 fully saturated rings. The maximum absolute atomic E-state index is 11.7. The van der Waals surface area contributed by atoms with Crippen molar-refractivity contribution in [3.63, 3.8) is 0 Å². The number of aliphatic hydroxyl groups is 1. The number of aromatic amines is 1. The van der Waals surface area contributed by atoms with Gasteiger partial charge >= 0.3 is 6.09 Å². The third-order valence-electron chi connectivity index (χ3n) is 6.71. The van der Waals surface area contributed by atoms with Crippen LogP contribution in [0.25, 0.3) is 33.3 Å². The molecular formula is C24H28N6O3. The van der Waals surface area contributed by atoms with Gasteiger partial charge in [0.1, 0.15) is 11.2 Å². The van der Waals surface area contributed by atoms with Gasteiger partial charge < -0.3 is 30.0 Å². The number of benzene rings is 1. The molecule has 4 heterocycles. The zero-order valence-corrected chi connectivity index (χ0v) is 18.7. The fraction of sp³-hybridized carbons (Fsp3) is 0.375. The van der Waals surface area contributed by atoms with E-state index < -0.39 is 6.09 Å². The van der Waals surface area contributed by atoms with Crippen LogP contribution in [0.15, 0.2) is 36.7 Å². The van der Waals surface area contributed by atoms with Gasteiger partial charge in [-0.05, 0) is 48.4 Å². The Kier molecular flexibility index (Phi) is 5.41. The minimum Gasteiger partial charge on any atom is -0.465 e. The summed E-state index contributed by atoms with van der Waals surface area (Å²) in [6.45, 7) is 0.566. The van der Waals surface area contributed by atoms with Crippen molar-refractivity contribution >= 4 is 34.0 Å². The maximum atomic E-state index is 11.7. The van der Waals surface area contributed by atoms with Gasteiger partial charge in [-0.15, -0.1) is 0 Å². The first-order chi connectivity index (χ1) is 16.0. The molecule has 3 aromatic heterocycles. The Hall–Kier alpha value is -3.59. The molecule has 0 saturated carbocycles. The van der Waals surface area contributed by atoms with E-state index in [4.69, 9.17) is 4.98 Å². The van der Waals surface area contributed by atoms with Crippen molar-refractivity contribution < 1.29 is 15.0 Å². The van der Waals surface area contributed by atoms with E-state index in [1.165, 1.54) is 4.90 Å². The first-order valence-electron chi connectivity index (χ1n) is 11.2. The molecule has 1 amide bonds. The van der Waals surface area contributed by atoms with E-state index in [9.17, 15) is 15.0 Å². The van der Waals surface area contributed by atoms with E-state index >= 15 is 0 Å². The van der Waals surface area contributed by atoms with Crippen molar-refractivity contribution in [3.05, 3.63) is 42.2 Å². The Balaban J connectivity index is 1.49. The number of fused-ring (bicyclic) bond motifs is 3. The van der Waals surface area contributed by atoms with Gasteiger partial charge in [0, 0.05) is 44.4 Å². The van der Waals surface area contributed by atoms with Gasteiger partial charge in [-0.25, -0.2) is 14.8 Å². The fourth-order valence-electron chi connectivity index (χ4n) is 5.01. The van der Waals surface area contributed by atoms with Crippen molar-refractivity contribution in [2.24, 2.45) is 13.0 Å². The summed E-state index contributed by atoms with van der Waals surface area (Å²) >= 11 is 0. The summed E-state index contributed by atoms with van der Waals surface area (Å²) in [5.74, 6) is 0.876. The first-order valence-corrected chi connectivity index (χ1v) is 11.2. The number of piperidine rings is 1. The van der Waals surface area contributed by atoms with Crippen LogP contribution < -0.4 is 5.32 Å². The summed E-state index contributed by atoms with van der Waals surface area (Å²) < 4.78 is 2.00. The quantitative estimate of drug-likeness (QED) is 0.371. The third kappa shape index (κ3) is 3.78. The predicted octanol–water partition coefficient (Wildman–Crippen LogP) is 3.45. The number of aryl methyl sites for hydroxylation is 1. The molecule has 9 heteroatoms.